The van der Waals surface area contributed by atoms with Gasteiger partial charge in [-0.3, -0.25) is 9.59 Å². The summed E-state index contributed by atoms with van der Waals surface area (Å²) >= 11 is 0. The molecule has 7 heteroatoms. The topological polar surface area (TPSA) is 57.6 Å². The second-order valence-electron chi connectivity index (χ2n) is 4.30. The lowest BCUT2D eigenvalue weighted by atomic mass is 9.97. The molecule has 1 aromatic rings. The third-order valence-corrected chi connectivity index (χ3v) is 3.02. The maximum atomic E-state index is 13.6. The van der Waals surface area contributed by atoms with E-state index >= 15 is 0 Å². The molecule has 0 aromatic heterocycles. The van der Waals surface area contributed by atoms with Gasteiger partial charge in [-0.2, -0.15) is 0 Å². The number of carbonyl (C=O) groups is 2. The largest absolute Gasteiger partial charge is 0.481 e. The van der Waals surface area contributed by atoms with Gasteiger partial charge in [-0.25, -0.2) is 13.2 Å². The number of nitrogens with zero attached hydrogens (tertiary/aromatic N) is 1. The first kappa shape index (κ1) is 13.4. The molecule has 0 saturated carbocycles. The van der Waals surface area contributed by atoms with Gasteiger partial charge in [-0.15, -0.1) is 0 Å². The van der Waals surface area contributed by atoms with Gasteiger partial charge in [0.25, 0.3) is 0 Å². The molecule has 1 N–H and O–H groups in total. The van der Waals surface area contributed by atoms with Gasteiger partial charge in [-0.05, 0) is 6.42 Å². The van der Waals surface area contributed by atoms with E-state index in [4.69, 9.17) is 5.11 Å². The summed E-state index contributed by atoms with van der Waals surface area (Å²) < 4.78 is 39.8. The molecule has 1 heterocycles. The van der Waals surface area contributed by atoms with Crippen molar-refractivity contribution in [1.82, 2.24) is 0 Å². The number of halogens is 3. The van der Waals surface area contributed by atoms with E-state index in [2.05, 4.69) is 0 Å². The molecule has 0 bridgehead atoms. The van der Waals surface area contributed by atoms with Crippen LogP contribution < -0.4 is 4.90 Å². The number of rotatable bonds is 2. The quantitative estimate of drug-likeness (QED) is 0.838. The van der Waals surface area contributed by atoms with Crippen molar-refractivity contribution in [2.45, 2.75) is 12.8 Å². The van der Waals surface area contributed by atoms with E-state index in [0.29, 0.717) is 12.1 Å². The number of piperidine rings is 1. The first-order valence-electron chi connectivity index (χ1n) is 5.58. The fourth-order valence-corrected chi connectivity index (χ4v) is 2.02. The number of hydrogen-bond donors (Lipinski definition) is 1. The summed E-state index contributed by atoms with van der Waals surface area (Å²) in [6.07, 6.45) is 0.0264. The Hall–Kier alpha value is -2.05. The third kappa shape index (κ3) is 2.54. The minimum absolute atomic E-state index is 0.103. The van der Waals surface area contributed by atoms with E-state index in [9.17, 15) is 22.8 Å². The highest BCUT2D eigenvalue weighted by Gasteiger charge is 2.33. The number of benzene rings is 1. The minimum atomic E-state index is -1.42. The number of amides is 1. The molecule has 2 rings (SSSR count). The van der Waals surface area contributed by atoms with Crippen LogP contribution in [0, 0.1) is 23.4 Å². The zero-order valence-corrected chi connectivity index (χ0v) is 9.70. The average molecular weight is 273 g/mol. The fraction of sp³-hybridized carbons (Fsp3) is 0.333. The maximum Gasteiger partial charge on any atom is 0.308 e. The van der Waals surface area contributed by atoms with E-state index in [1.807, 2.05) is 0 Å². The van der Waals surface area contributed by atoms with E-state index in [1.165, 1.54) is 0 Å². The van der Waals surface area contributed by atoms with Crippen molar-refractivity contribution in [3.8, 4) is 0 Å². The molecular formula is C12H10F3NO3. The number of carbonyl (C=O) groups excluding carboxylic acids is 1. The molecule has 1 unspecified atom stereocenters. The molecule has 0 aliphatic carbocycles. The molecule has 19 heavy (non-hydrogen) atoms. The molecule has 4 nitrogen and oxygen atoms in total. The van der Waals surface area contributed by atoms with Gasteiger partial charge in [0.05, 0.1) is 11.6 Å². The second kappa shape index (κ2) is 4.91. The Morgan fingerprint density at radius 2 is 2.00 bits per heavy atom. The van der Waals surface area contributed by atoms with Crippen molar-refractivity contribution in [2.75, 3.05) is 11.4 Å². The van der Waals surface area contributed by atoms with Crippen molar-refractivity contribution in [1.29, 1.82) is 0 Å². The number of carboxylic acid groups (broad SMARTS) is 1. The predicted octanol–water partition coefficient (Wildman–Crippen LogP) is 1.93. The van der Waals surface area contributed by atoms with Crippen LogP contribution in [-0.2, 0) is 9.59 Å². The smallest absolute Gasteiger partial charge is 0.308 e. The normalized spacial score (nSPS) is 19.6. The maximum absolute atomic E-state index is 13.6. The summed E-state index contributed by atoms with van der Waals surface area (Å²) in [7, 11) is 0. The van der Waals surface area contributed by atoms with Gasteiger partial charge in [0, 0.05) is 25.1 Å². The summed E-state index contributed by atoms with van der Waals surface area (Å²) in [6.45, 7) is -0.298. The van der Waals surface area contributed by atoms with Gasteiger partial charge < -0.3 is 10.0 Å². The zero-order chi connectivity index (χ0) is 14.2. The van der Waals surface area contributed by atoms with Gasteiger partial charge in [0.15, 0.2) is 11.6 Å². The average Bonchev–Trinajstić information content (AvgIpc) is 2.34. The van der Waals surface area contributed by atoms with E-state index < -0.39 is 40.9 Å². The summed E-state index contributed by atoms with van der Waals surface area (Å²) in [4.78, 5) is 23.3. The number of aliphatic carboxylic acids is 1. The van der Waals surface area contributed by atoms with E-state index in [-0.39, 0.29) is 19.4 Å². The summed E-state index contributed by atoms with van der Waals surface area (Å²) in [5, 5.41) is 8.89. The van der Waals surface area contributed by atoms with Crippen LogP contribution in [0.3, 0.4) is 0 Å². The fourth-order valence-electron chi connectivity index (χ4n) is 2.02. The molecule has 102 valence electrons. The first-order valence-corrected chi connectivity index (χ1v) is 5.58. The zero-order valence-electron chi connectivity index (χ0n) is 9.70. The molecule has 1 aromatic carbocycles. The molecule has 1 atom stereocenters. The molecule has 1 aliphatic heterocycles. The van der Waals surface area contributed by atoms with Crippen LogP contribution in [0.25, 0.3) is 0 Å². The Morgan fingerprint density at radius 3 is 2.63 bits per heavy atom. The van der Waals surface area contributed by atoms with Gasteiger partial charge in [-0.1, -0.05) is 0 Å². The number of hydrogen-bond acceptors (Lipinski definition) is 2. The molecule has 1 amide bonds. The van der Waals surface area contributed by atoms with Crippen LogP contribution >= 0.6 is 0 Å². The lowest BCUT2D eigenvalue weighted by Crippen LogP contribution is -2.43. The van der Waals surface area contributed by atoms with E-state index in [1.54, 1.807) is 0 Å². The standard InChI is InChI=1S/C12H10F3NO3/c13-7-3-8(14)11(15)9(4-7)16-5-6(12(18)19)1-2-10(16)17/h3-4,6H,1-2,5H2,(H,18,19). The van der Waals surface area contributed by atoms with Crippen molar-refractivity contribution in [3.05, 3.63) is 29.6 Å². The molecule has 0 radical (unpaired) electrons. The van der Waals surface area contributed by atoms with Crippen LogP contribution in [0.1, 0.15) is 12.8 Å². The van der Waals surface area contributed by atoms with Crippen LogP contribution in [0.15, 0.2) is 12.1 Å². The Morgan fingerprint density at radius 1 is 1.32 bits per heavy atom. The molecule has 1 aliphatic rings. The highest BCUT2D eigenvalue weighted by Crippen LogP contribution is 2.28. The SMILES string of the molecule is O=C(O)C1CCC(=O)N(c2cc(F)cc(F)c2F)C1. The highest BCUT2D eigenvalue weighted by molar-refractivity contribution is 5.95. The van der Waals surface area contributed by atoms with Gasteiger partial charge in [0.1, 0.15) is 5.82 Å². The van der Waals surface area contributed by atoms with Crippen LogP contribution in [-0.4, -0.2) is 23.5 Å². The number of carboxylic acids is 1. The molecular weight excluding hydrogens is 263 g/mol. The van der Waals surface area contributed by atoms with Crippen molar-refractivity contribution in [3.63, 3.8) is 0 Å². The molecule has 1 fully saturated rings. The Labute approximate surface area is 106 Å². The second-order valence-corrected chi connectivity index (χ2v) is 4.30. The summed E-state index contributed by atoms with van der Waals surface area (Å²) in [6, 6.07) is 1.04. The summed E-state index contributed by atoms with van der Waals surface area (Å²) in [5.74, 6) is -6.36. The Kier molecular flexibility index (Phi) is 3.46. The Balaban J connectivity index is 2.39. The van der Waals surface area contributed by atoms with Crippen molar-refractivity contribution in [2.24, 2.45) is 5.92 Å². The van der Waals surface area contributed by atoms with Crippen LogP contribution in [0.4, 0.5) is 18.9 Å². The molecule has 0 spiro atoms. The van der Waals surface area contributed by atoms with Gasteiger partial charge >= 0.3 is 5.97 Å². The minimum Gasteiger partial charge on any atom is -0.481 e. The lowest BCUT2D eigenvalue weighted by molar-refractivity contribution is -0.142. The number of anilines is 1. The van der Waals surface area contributed by atoms with Crippen LogP contribution in [0.2, 0.25) is 0 Å². The van der Waals surface area contributed by atoms with Crippen molar-refractivity contribution < 1.29 is 27.9 Å². The third-order valence-electron chi connectivity index (χ3n) is 3.02. The first-order chi connectivity index (χ1) is 8.90. The van der Waals surface area contributed by atoms with Gasteiger partial charge in [0.2, 0.25) is 5.91 Å². The molecule has 1 saturated heterocycles. The van der Waals surface area contributed by atoms with Crippen molar-refractivity contribution >= 4 is 17.6 Å². The monoisotopic (exact) mass is 273 g/mol. The Bertz CT molecular complexity index is 547. The van der Waals surface area contributed by atoms with E-state index in [0.717, 1.165) is 4.90 Å². The highest BCUT2D eigenvalue weighted by atomic mass is 19.2. The summed E-state index contributed by atoms with van der Waals surface area (Å²) in [5.41, 5.74) is -0.562. The lowest BCUT2D eigenvalue weighted by Gasteiger charge is -2.30. The predicted molar refractivity (Wildman–Crippen MR) is 59.0 cm³/mol. The van der Waals surface area contributed by atoms with Crippen LogP contribution in [0.5, 0.6) is 0 Å².